The summed E-state index contributed by atoms with van der Waals surface area (Å²) >= 11 is 5.26. The molecule has 2 heteroatoms. The van der Waals surface area contributed by atoms with Gasteiger partial charge in [0.25, 0.3) is 0 Å². The standard InChI is InChI=1S/C6H12ClN/c1-6(2)8-5-3-4-7/h3-4,6,8H,5H2,1-2H3/b4-3+. The maximum atomic E-state index is 5.26. The van der Waals surface area contributed by atoms with Crippen molar-refractivity contribution < 1.29 is 0 Å². The first-order valence-corrected chi connectivity index (χ1v) is 3.19. The molecule has 1 nitrogen and oxygen atoms in total. The van der Waals surface area contributed by atoms with Gasteiger partial charge >= 0.3 is 0 Å². The van der Waals surface area contributed by atoms with Crippen molar-refractivity contribution in [3.63, 3.8) is 0 Å². The number of hydrogen-bond donors (Lipinski definition) is 1. The lowest BCUT2D eigenvalue weighted by Gasteiger charge is -2.02. The number of nitrogens with one attached hydrogen (secondary N) is 1. The number of hydrogen-bond acceptors (Lipinski definition) is 1. The van der Waals surface area contributed by atoms with Crippen LogP contribution in [0.1, 0.15) is 13.8 Å². The first-order valence-electron chi connectivity index (χ1n) is 2.76. The van der Waals surface area contributed by atoms with E-state index in [-0.39, 0.29) is 0 Å². The van der Waals surface area contributed by atoms with Crippen LogP contribution in [0.5, 0.6) is 0 Å². The zero-order valence-electron chi connectivity index (χ0n) is 5.32. The fraction of sp³-hybridized carbons (Fsp3) is 0.667. The third-order valence-electron chi connectivity index (χ3n) is 0.733. The van der Waals surface area contributed by atoms with E-state index < -0.39 is 0 Å². The summed E-state index contributed by atoms with van der Waals surface area (Å²) < 4.78 is 0. The molecule has 8 heavy (non-hydrogen) atoms. The molecule has 0 fully saturated rings. The molecule has 0 aliphatic heterocycles. The molecule has 0 heterocycles. The van der Waals surface area contributed by atoms with Gasteiger partial charge in [0, 0.05) is 18.1 Å². The second-order valence-corrected chi connectivity index (χ2v) is 2.18. The van der Waals surface area contributed by atoms with Crippen LogP contribution in [0.15, 0.2) is 11.6 Å². The summed E-state index contributed by atoms with van der Waals surface area (Å²) in [6.45, 7) is 5.06. The fourth-order valence-electron chi connectivity index (χ4n) is 0.348. The quantitative estimate of drug-likeness (QED) is 0.619. The van der Waals surface area contributed by atoms with Crippen molar-refractivity contribution in [3.8, 4) is 0 Å². The predicted octanol–water partition coefficient (Wildman–Crippen LogP) is 1.74. The summed E-state index contributed by atoms with van der Waals surface area (Å²) in [4.78, 5) is 0. The van der Waals surface area contributed by atoms with Crippen LogP contribution in [0.25, 0.3) is 0 Å². The minimum Gasteiger partial charge on any atom is -0.311 e. The van der Waals surface area contributed by atoms with Crippen LogP contribution in [0.2, 0.25) is 0 Å². The maximum absolute atomic E-state index is 5.26. The molecule has 0 unspecified atom stereocenters. The zero-order chi connectivity index (χ0) is 6.41. The molecule has 0 aliphatic rings. The van der Waals surface area contributed by atoms with Crippen molar-refractivity contribution in [2.45, 2.75) is 19.9 Å². The summed E-state index contributed by atoms with van der Waals surface area (Å²) in [6, 6.07) is 0.544. The van der Waals surface area contributed by atoms with Crippen LogP contribution in [-0.2, 0) is 0 Å². The molecule has 0 rings (SSSR count). The Hall–Kier alpha value is -0.0100. The average molecular weight is 134 g/mol. The van der Waals surface area contributed by atoms with Crippen molar-refractivity contribution in [1.29, 1.82) is 0 Å². The van der Waals surface area contributed by atoms with Gasteiger partial charge in [0.05, 0.1) is 0 Å². The van der Waals surface area contributed by atoms with Gasteiger partial charge in [-0.15, -0.1) is 0 Å². The summed E-state index contributed by atoms with van der Waals surface area (Å²) in [6.07, 6.45) is 1.88. The van der Waals surface area contributed by atoms with Crippen molar-refractivity contribution in [1.82, 2.24) is 5.32 Å². The monoisotopic (exact) mass is 133 g/mol. The lowest BCUT2D eigenvalue weighted by molar-refractivity contribution is 0.633. The van der Waals surface area contributed by atoms with Crippen LogP contribution in [-0.4, -0.2) is 12.6 Å². The van der Waals surface area contributed by atoms with Crippen molar-refractivity contribution >= 4 is 11.6 Å². The summed E-state index contributed by atoms with van der Waals surface area (Å²) in [5, 5.41) is 3.18. The molecule has 48 valence electrons. The van der Waals surface area contributed by atoms with Crippen LogP contribution in [0.4, 0.5) is 0 Å². The van der Waals surface area contributed by atoms with Gasteiger partial charge < -0.3 is 5.32 Å². The van der Waals surface area contributed by atoms with E-state index in [0.717, 1.165) is 6.54 Å². The van der Waals surface area contributed by atoms with Gasteiger partial charge in [0.1, 0.15) is 0 Å². The maximum Gasteiger partial charge on any atom is 0.0148 e. The fourth-order valence-corrected chi connectivity index (χ4v) is 0.437. The van der Waals surface area contributed by atoms with E-state index in [1.165, 1.54) is 5.54 Å². The molecule has 0 bridgehead atoms. The minimum atomic E-state index is 0.544. The van der Waals surface area contributed by atoms with Gasteiger partial charge in [-0.25, -0.2) is 0 Å². The van der Waals surface area contributed by atoms with E-state index >= 15 is 0 Å². The summed E-state index contributed by atoms with van der Waals surface area (Å²) in [7, 11) is 0. The normalized spacial score (nSPS) is 11.5. The van der Waals surface area contributed by atoms with Gasteiger partial charge in [-0.05, 0) is 0 Å². The molecule has 0 aromatic heterocycles. The van der Waals surface area contributed by atoms with Crippen LogP contribution < -0.4 is 5.32 Å². The van der Waals surface area contributed by atoms with Crippen LogP contribution >= 0.6 is 11.6 Å². The Balaban J connectivity index is 2.93. The van der Waals surface area contributed by atoms with Gasteiger partial charge in [0.15, 0.2) is 0 Å². The second kappa shape index (κ2) is 5.13. The highest BCUT2D eigenvalue weighted by Crippen LogP contribution is 1.78. The van der Waals surface area contributed by atoms with Gasteiger partial charge in [0.2, 0.25) is 0 Å². The molecule has 0 aliphatic carbocycles. The minimum absolute atomic E-state index is 0.544. The van der Waals surface area contributed by atoms with Crippen LogP contribution in [0, 0.1) is 0 Å². The van der Waals surface area contributed by atoms with Crippen molar-refractivity contribution in [2.24, 2.45) is 0 Å². The van der Waals surface area contributed by atoms with Gasteiger partial charge in [-0.2, -0.15) is 0 Å². The van der Waals surface area contributed by atoms with E-state index in [4.69, 9.17) is 11.6 Å². The first-order chi connectivity index (χ1) is 3.77. The topological polar surface area (TPSA) is 12.0 Å². The lowest BCUT2D eigenvalue weighted by atomic mass is 10.4. The molecule has 0 saturated carbocycles. The highest BCUT2D eigenvalue weighted by Gasteiger charge is 1.84. The first kappa shape index (κ1) is 7.99. The van der Waals surface area contributed by atoms with Gasteiger partial charge in [-0.3, -0.25) is 0 Å². The summed E-state index contributed by atoms with van der Waals surface area (Å²) in [5.41, 5.74) is 1.52. The third kappa shape index (κ3) is 5.99. The third-order valence-corrected chi connectivity index (χ3v) is 0.911. The molecular weight excluding hydrogens is 122 g/mol. The summed E-state index contributed by atoms with van der Waals surface area (Å²) in [5.74, 6) is 0. The Morgan fingerprint density at radius 2 is 2.25 bits per heavy atom. The van der Waals surface area contributed by atoms with E-state index in [9.17, 15) is 0 Å². The van der Waals surface area contributed by atoms with Crippen molar-refractivity contribution in [3.05, 3.63) is 11.6 Å². The number of rotatable bonds is 3. The molecule has 0 aromatic rings. The predicted molar refractivity (Wildman–Crippen MR) is 38.1 cm³/mol. The van der Waals surface area contributed by atoms with Gasteiger partial charge in [-0.1, -0.05) is 31.5 Å². The highest BCUT2D eigenvalue weighted by molar-refractivity contribution is 6.25. The number of halogens is 1. The Bertz CT molecular complexity index is 68.9. The zero-order valence-corrected chi connectivity index (χ0v) is 6.07. The largest absolute Gasteiger partial charge is 0.311 e. The molecule has 0 aromatic carbocycles. The SMILES string of the molecule is CC(C)NC/C=C/Cl. The highest BCUT2D eigenvalue weighted by atomic mass is 35.5. The van der Waals surface area contributed by atoms with Crippen molar-refractivity contribution in [2.75, 3.05) is 6.54 Å². The smallest absolute Gasteiger partial charge is 0.0148 e. The van der Waals surface area contributed by atoms with E-state index in [2.05, 4.69) is 19.2 Å². The van der Waals surface area contributed by atoms with E-state index in [1.807, 2.05) is 6.08 Å². The molecule has 0 atom stereocenters. The Labute approximate surface area is 55.7 Å². The lowest BCUT2D eigenvalue weighted by Crippen LogP contribution is -2.22. The Morgan fingerprint density at radius 1 is 1.62 bits per heavy atom. The second-order valence-electron chi connectivity index (χ2n) is 1.92. The Kier molecular flexibility index (Phi) is 5.13. The Morgan fingerprint density at radius 3 is 2.62 bits per heavy atom. The van der Waals surface area contributed by atoms with E-state index in [0.29, 0.717) is 6.04 Å². The average Bonchev–Trinajstić information content (AvgIpc) is 1.66. The molecule has 0 radical (unpaired) electrons. The molecule has 0 saturated heterocycles. The molecular formula is C6H12ClN. The molecule has 0 amide bonds. The molecule has 0 spiro atoms. The molecule has 1 N–H and O–H groups in total. The van der Waals surface area contributed by atoms with Crippen LogP contribution in [0.3, 0.4) is 0 Å². The van der Waals surface area contributed by atoms with E-state index in [1.54, 1.807) is 0 Å².